The molecule has 1 heterocycles. The van der Waals surface area contributed by atoms with Crippen LogP contribution in [0.25, 0.3) is 0 Å². The van der Waals surface area contributed by atoms with E-state index < -0.39 is 0 Å². The normalized spacial score (nSPS) is 10.0. The molecule has 110 valence electrons. The third kappa shape index (κ3) is 3.82. The number of carbonyl (C=O) groups is 1. The van der Waals surface area contributed by atoms with E-state index in [1.165, 1.54) is 13.3 Å². The molecule has 0 unspecified atom stereocenters. The summed E-state index contributed by atoms with van der Waals surface area (Å²) >= 11 is 5.95. The van der Waals surface area contributed by atoms with Gasteiger partial charge in [0.25, 0.3) is 0 Å². The summed E-state index contributed by atoms with van der Waals surface area (Å²) in [5, 5.41) is 0.255. The fourth-order valence-electron chi connectivity index (χ4n) is 1.49. The van der Waals surface area contributed by atoms with E-state index in [1.54, 1.807) is 31.2 Å². The van der Waals surface area contributed by atoms with Crippen LogP contribution in [0, 0.1) is 0 Å². The topological polar surface area (TPSA) is 70.5 Å². The van der Waals surface area contributed by atoms with Crippen LogP contribution in [0.5, 0.6) is 17.6 Å². The van der Waals surface area contributed by atoms with Crippen LogP contribution in [-0.2, 0) is 4.74 Å². The zero-order chi connectivity index (χ0) is 15.2. The third-order valence-electron chi connectivity index (χ3n) is 2.45. The molecule has 1 aromatic carbocycles. The molecule has 0 N–H and O–H groups in total. The highest BCUT2D eigenvalue weighted by atomic mass is 35.5. The molecule has 0 amide bonds. The second-order valence-corrected chi connectivity index (χ2v) is 4.26. The van der Waals surface area contributed by atoms with Crippen molar-refractivity contribution in [3.63, 3.8) is 0 Å². The predicted octanol–water partition coefficient (Wildman–Crippen LogP) is 3.11. The van der Waals surface area contributed by atoms with Crippen LogP contribution in [0.4, 0.5) is 0 Å². The van der Waals surface area contributed by atoms with E-state index in [-0.39, 0.29) is 22.9 Å². The number of methoxy groups -OCH3 is 1. The Labute approximate surface area is 126 Å². The van der Waals surface area contributed by atoms with E-state index in [4.69, 9.17) is 25.8 Å². The van der Waals surface area contributed by atoms with Gasteiger partial charge in [-0.1, -0.05) is 11.6 Å². The number of benzene rings is 1. The van der Waals surface area contributed by atoms with Gasteiger partial charge in [0, 0.05) is 0 Å². The maximum atomic E-state index is 11.5. The van der Waals surface area contributed by atoms with Crippen molar-refractivity contribution in [3.8, 4) is 17.6 Å². The molecule has 2 rings (SSSR count). The standard InChI is InChI=1S/C14H13ClN2O4/c1-3-20-13(18)9-4-6-10(7-5-9)21-12-11(15)8-16-14(17-12)19-2/h4-8H,3H2,1-2H3. The average Bonchev–Trinajstić information content (AvgIpc) is 2.50. The number of hydrogen-bond acceptors (Lipinski definition) is 6. The van der Waals surface area contributed by atoms with Crippen molar-refractivity contribution in [1.29, 1.82) is 0 Å². The summed E-state index contributed by atoms with van der Waals surface area (Å²) in [4.78, 5) is 19.4. The molecule has 7 heteroatoms. The summed E-state index contributed by atoms with van der Waals surface area (Å²) in [6.45, 7) is 2.08. The Hall–Kier alpha value is -2.34. The van der Waals surface area contributed by atoms with Gasteiger partial charge in [0.2, 0.25) is 5.88 Å². The summed E-state index contributed by atoms with van der Waals surface area (Å²) in [7, 11) is 1.45. The number of carbonyl (C=O) groups excluding carboxylic acids is 1. The molecule has 0 radical (unpaired) electrons. The van der Waals surface area contributed by atoms with Gasteiger partial charge in [-0.2, -0.15) is 4.98 Å². The molecule has 0 aliphatic rings. The zero-order valence-corrected chi connectivity index (χ0v) is 12.3. The fraction of sp³-hybridized carbons (Fsp3) is 0.214. The van der Waals surface area contributed by atoms with Crippen molar-refractivity contribution >= 4 is 17.6 Å². The first-order valence-corrected chi connectivity index (χ1v) is 6.53. The van der Waals surface area contributed by atoms with Gasteiger partial charge >= 0.3 is 12.0 Å². The monoisotopic (exact) mass is 308 g/mol. The molecule has 0 fully saturated rings. The SMILES string of the molecule is CCOC(=O)c1ccc(Oc2nc(OC)ncc2Cl)cc1. The number of nitrogens with zero attached hydrogens (tertiary/aromatic N) is 2. The highest BCUT2D eigenvalue weighted by molar-refractivity contribution is 6.31. The van der Waals surface area contributed by atoms with Crippen molar-refractivity contribution in [1.82, 2.24) is 9.97 Å². The number of ether oxygens (including phenoxy) is 3. The van der Waals surface area contributed by atoms with Crippen molar-refractivity contribution in [2.24, 2.45) is 0 Å². The molecular weight excluding hydrogens is 296 g/mol. The summed E-state index contributed by atoms with van der Waals surface area (Å²) in [5.41, 5.74) is 0.440. The Morgan fingerprint density at radius 3 is 2.62 bits per heavy atom. The first-order chi connectivity index (χ1) is 10.1. The Morgan fingerprint density at radius 2 is 2.00 bits per heavy atom. The van der Waals surface area contributed by atoms with Crippen molar-refractivity contribution in [2.75, 3.05) is 13.7 Å². The Morgan fingerprint density at radius 1 is 1.29 bits per heavy atom. The van der Waals surface area contributed by atoms with Crippen molar-refractivity contribution < 1.29 is 19.0 Å². The summed E-state index contributed by atoms with van der Waals surface area (Å²) in [5.74, 6) is 0.267. The molecular formula is C14H13ClN2O4. The highest BCUT2D eigenvalue weighted by Crippen LogP contribution is 2.28. The van der Waals surface area contributed by atoms with Crippen LogP contribution in [0.3, 0.4) is 0 Å². The Kier molecular flexibility index (Phi) is 4.94. The van der Waals surface area contributed by atoms with E-state index in [0.29, 0.717) is 17.9 Å². The van der Waals surface area contributed by atoms with Gasteiger partial charge in [-0.25, -0.2) is 9.78 Å². The minimum atomic E-state index is -0.384. The van der Waals surface area contributed by atoms with E-state index in [2.05, 4.69) is 9.97 Å². The molecule has 0 atom stereocenters. The van der Waals surface area contributed by atoms with E-state index >= 15 is 0 Å². The molecule has 6 nitrogen and oxygen atoms in total. The smallest absolute Gasteiger partial charge is 0.338 e. The first-order valence-electron chi connectivity index (χ1n) is 6.15. The molecule has 0 spiro atoms. The minimum absolute atomic E-state index is 0.151. The lowest BCUT2D eigenvalue weighted by Crippen LogP contribution is -2.04. The molecule has 1 aromatic heterocycles. The van der Waals surface area contributed by atoms with E-state index in [9.17, 15) is 4.79 Å². The Bertz CT molecular complexity index is 631. The predicted molar refractivity (Wildman–Crippen MR) is 76.1 cm³/mol. The summed E-state index contributed by atoms with van der Waals surface area (Å²) in [6.07, 6.45) is 1.38. The largest absolute Gasteiger partial charge is 0.467 e. The van der Waals surface area contributed by atoms with Gasteiger partial charge in [0.15, 0.2) is 0 Å². The molecule has 0 aliphatic carbocycles. The lowest BCUT2D eigenvalue weighted by atomic mass is 10.2. The second kappa shape index (κ2) is 6.90. The van der Waals surface area contributed by atoms with Crippen LogP contribution in [0.15, 0.2) is 30.5 Å². The highest BCUT2D eigenvalue weighted by Gasteiger charge is 2.10. The summed E-state index contributed by atoms with van der Waals surface area (Å²) < 4.78 is 15.3. The van der Waals surface area contributed by atoms with Gasteiger partial charge in [0.1, 0.15) is 10.8 Å². The average molecular weight is 309 g/mol. The Balaban J connectivity index is 2.15. The number of rotatable bonds is 5. The molecule has 21 heavy (non-hydrogen) atoms. The molecule has 2 aromatic rings. The summed E-state index contributed by atoms with van der Waals surface area (Å²) in [6, 6.07) is 6.59. The number of esters is 1. The molecule has 0 saturated carbocycles. The van der Waals surface area contributed by atoms with Gasteiger partial charge in [-0.05, 0) is 31.2 Å². The van der Waals surface area contributed by atoms with Gasteiger partial charge in [0.05, 0.1) is 25.5 Å². The van der Waals surface area contributed by atoms with Gasteiger partial charge < -0.3 is 14.2 Å². The van der Waals surface area contributed by atoms with Crippen LogP contribution < -0.4 is 9.47 Å². The lowest BCUT2D eigenvalue weighted by Gasteiger charge is -2.08. The zero-order valence-electron chi connectivity index (χ0n) is 11.5. The first kappa shape index (κ1) is 15.1. The van der Waals surface area contributed by atoms with Gasteiger partial charge in [-0.3, -0.25) is 0 Å². The fourth-order valence-corrected chi connectivity index (χ4v) is 1.62. The lowest BCUT2D eigenvalue weighted by molar-refractivity contribution is 0.0526. The number of halogens is 1. The maximum Gasteiger partial charge on any atom is 0.338 e. The molecule has 0 bridgehead atoms. The van der Waals surface area contributed by atoms with Crippen LogP contribution in [0.2, 0.25) is 5.02 Å². The minimum Gasteiger partial charge on any atom is -0.467 e. The number of hydrogen-bond donors (Lipinski definition) is 0. The maximum absolute atomic E-state index is 11.5. The van der Waals surface area contributed by atoms with Crippen LogP contribution in [-0.4, -0.2) is 29.7 Å². The van der Waals surface area contributed by atoms with E-state index in [0.717, 1.165) is 0 Å². The van der Waals surface area contributed by atoms with Crippen LogP contribution >= 0.6 is 11.6 Å². The van der Waals surface area contributed by atoms with E-state index in [1.807, 2.05) is 0 Å². The molecule has 0 saturated heterocycles. The molecule has 0 aliphatic heterocycles. The second-order valence-electron chi connectivity index (χ2n) is 3.86. The number of aromatic nitrogens is 2. The van der Waals surface area contributed by atoms with Crippen molar-refractivity contribution in [2.45, 2.75) is 6.92 Å². The van der Waals surface area contributed by atoms with Crippen LogP contribution in [0.1, 0.15) is 17.3 Å². The quantitative estimate of drug-likeness (QED) is 0.790. The third-order valence-corrected chi connectivity index (χ3v) is 2.71. The van der Waals surface area contributed by atoms with Gasteiger partial charge in [-0.15, -0.1) is 0 Å². The van der Waals surface area contributed by atoms with Crippen molar-refractivity contribution in [3.05, 3.63) is 41.0 Å².